The lowest BCUT2D eigenvalue weighted by atomic mass is 10.2. The van der Waals surface area contributed by atoms with Crippen LogP contribution in [-0.2, 0) is 0 Å². The number of benzene rings is 1. The molecule has 106 valence electrons. The standard InChI is InChI=1S/C13H20FNO3Si/c1-13(2,3)19(4,5)18-8-6-9(12(16)17)11(14)10(15)7-8/h6-7H,15H2,1-5H3,(H,16,17). The van der Waals surface area contributed by atoms with Gasteiger partial charge < -0.3 is 15.3 Å². The second-order valence-corrected chi connectivity index (χ2v) is 10.8. The summed E-state index contributed by atoms with van der Waals surface area (Å²) < 4.78 is 19.5. The Morgan fingerprint density at radius 3 is 2.32 bits per heavy atom. The van der Waals surface area contributed by atoms with Gasteiger partial charge in [0, 0.05) is 6.07 Å². The van der Waals surface area contributed by atoms with Crippen LogP contribution >= 0.6 is 0 Å². The molecule has 0 saturated heterocycles. The largest absolute Gasteiger partial charge is 0.543 e. The fraction of sp³-hybridized carbons (Fsp3) is 0.462. The number of rotatable bonds is 3. The smallest absolute Gasteiger partial charge is 0.338 e. The summed E-state index contributed by atoms with van der Waals surface area (Å²) in [5.74, 6) is -1.97. The summed E-state index contributed by atoms with van der Waals surface area (Å²) in [7, 11) is -2.11. The highest BCUT2D eigenvalue weighted by Gasteiger charge is 2.39. The minimum atomic E-state index is -2.11. The number of nitrogens with two attached hydrogens (primary N) is 1. The Morgan fingerprint density at radius 1 is 1.37 bits per heavy atom. The number of carbonyl (C=O) groups is 1. The molecular weight excluding hydrogens is 265 g/mol. The van der Waals surface area contributed by atoms with E-state index in [0.717, 1.165) is 0 Å². The summed E-state index contributed by atoms with van der Waals surface area (Å²) in [6, 6.07) is 2.52. The molecule has 0 aromatic heterocycles. The molecule has 0 fully saturated rings. The van der Waals surface area contributed by atoms with Gasteiger partial charge in [0.25, 0.3) is 0 Å². The molecular formula is C13H20FNO3Si. The van der Waals surface area contributed by atoms with Gasteiger partial charge in [-0.2, -0.15) is 0 Å². The average molecular weight is 285 g/mol. The minimum Gasteiger partial charge on any atom is -0.543 e. The highest BCUT2D eigenvalue weighted by Crippen LogP contribution is 2.38. The number of carboxylic acid groups (broad SMARTS) is 1. The van der Waals surface area contributed by atoms with Crippen LogP contribution in [0.5, 0.6) is 5.75 Å². The van der Waals surface area contributed by atoms with Crippen LogP contribution in [-0.4, -0.2) is 19.4 Å². The quantitative estimate of drug-likeness (QED) is 0.658. The molecule has 1 aromatic carbocycles. The van der Waals surface area contributed by atoms with Crippen LogP contribution in [0.1, 0.15) is 31.1 Å². The normalized spacial score (nSPS) is 12.3. The monoisotopic (exact) mass is 285 g/mol. The van der Waals surface area contributed by atoms with Gasteiger partial charge in [0.2, 0.25) is 8.32 Å². The lowest BCUT2D eigenvalue weighted by Crippen LogP contribution is -2.43. The number of nitrogen functional groups attached to an aromatic ring is 1. The maximum Gasteiger partial charge on any atom is 0.338 e. The topological polar surface area (TPSA) is 72.5 Å². The summed E-state index contributed by atoms with van der Waals surface area (Å²) in [5.41, 5.74) is 4.81. The van der Waals surface area contributed by atoms with Crippen LogP contribution in [0.3, 0.4) is 0 Å². The first kappa shape index (κ1) is 15.5. The van der Waals surface area contributed by atoms with Crippen LogP contribution in [0.15, 0.2) is 12.1 Å². The second kappa shape index (κ2) is 4.84. The number of carboxylic acids is 1. The third-order valence-corrected chi connectivity index (χ3v) is 7.84. The lowest BCUT2D eigenvalue weighted by molar-refractivity contribution is 0.0691. The van der Waals surface area contributed by atoms with E-state index in [2.05, 4.69) is 20.8 Å². The first-order valence-corrected chi connectivity index (χ1v) is 8.88. The Labute approximate surface area is 113 Å². The molecule has 0 heterocycles. The molecule has 0 bridgehead atoms. The first-order chi connectivity index (χ1) is 8.45. The maximum absolute atomic E-state index is 13.5. The Hall–Kier alpha value is -1.56. The zero-order valence-corrected chi connectivity index (χ0v) is 12.9. The van der Waals surface area contributed by atoms with E-state index in [9.17, 15) is 9.18 Å². The molecule has 0 aliphatic carbocycles. The van der Waals surface area contributed by atoms with Crippen LogP contribution in [0.25, 0.3) is 0 Å². The Balaban J connectivity index is 3.21. The zero-order chi connectivity index (χ0) is 15.0. The van der Waals surface area contributed by atoms with Gasteiger partial charge in [0.05, 0.1) is 5.69 Å². The highest BCUT2D eigenvalue weighted by atomic mass is 28.4. The Kier molecular flexibility index (Phi) is 3.95. The van der Waals surface area contributed by atoms with E-state index in [1.165, 1.54) is 12.1 Å². The van der Waals surface area contributed by atoms with Crippen molar-refractivity contribution in [3.8, 4) is 5.75 Å². The van der Waals surface area contributed by atoms with Crippen molar-refractivity contribution in [3.63, 3.8) is 0 Å². The third kappa shape index (κ3) is 3.26. The predicted octanol–water partition coefficient (Wildman–Crippen LogP) is 3.49. The minimum absolute atomic E-state index is 0.0421. The van der Waals surface area contributed by atoms with Gasteiger partial charge in [-0.05, 0) is 24.2 Å². The molecule has 19 heavy (non-hydrogen) atoms. The summed E-state index contributed by atoms with van der Waals surface area (Å²) in [6.07, 6.45) is 0. The molecule has 0 saturated carbocycles. The average Bonchev–Trinajstić information content (AvgIpc) is 2.20. The molecule has 0 amide bonds. The van der Waals surface area contributed by atoms with Crippen molar-refractivity contribution in [2.75, 3.05) is 5.73 Å². The third-order valence-electron chi connectivity index (χ3n) is 3.48. The maximum atomic E-state index is 13.5. The van der Waals surface area contributed by atoms with E-state index < -0.39 is 25.7 Å². The van der Waals surface area contributed by atoms with Crippen molar-refractivity contribution in [2.24, 2.45) is 0 Å². The van der Waals surface area contributed by atoms with Gasteiger partial charge in [-0.3, -0.25) is 0 Å². The molecule has 6 heteroatoms. The summed E-state index contributed by atoms with van der Waals surface area (Å²) >= 11 is 0. The summed E-state index contributed by atoms with van der Waals surface area (Å²) in [5, 5.41) is 8.89. The van der Waals surface area contributed by atoms with E-state index in [4.69, 9.17) is 15.3 Å². The molecule has 3 N–H and O–H groups in total. The zero-order valence-electron chi connectivity index (χ0n) is 11.9. The van der Waals surface area contributed by atoms with Gasteiger partial charge in [-0.15, -0.1) is 0 Å². The van der Waals surface area contributed by atoms with Gasteiger partial charge in [0.15, 0.2) is 5.82 Å². The van der Waals surface area contributed by atoms with Crippen molar-refractivity contribution in [1.82, 2.24) is 0 Å². The van der Waals surface area contributed by atoms with Gasteiger partial charge in [-0.1, -0.05) is 20.8 Å². The molecule has 0 atom stereocenters. The Bertz CT molecular complexity index is 509. The van der Waals surface area contributed by atoms with Crippen molar-refractivity contribution < 1.29 is 18.7 Å². The lowest BCUT2D eigenvalue weighted by Gasteiger charge is -2.36. The van der Waals surface area contributed by atoms with Gasteiger partial charge in [0.1, 0.15) is 11.3 Å². The number of hydrogen-bond donors (Lipinski definition) is 2. The molecule has 4 nitrogen and oxygen atoms in total. The van der Waals surface area contributed by atoms with Crippen molar-refractivity contribution in [3.05, 3.63) is 23.5 Å². The molecule has 1 aromatic rings. The molecule has 0 aliphatic heterocycles. The van der Waals surface area contributed by atoms with E-state index in [1.807, 2.05) is 13.1 Å². The predicted molar refractivity (Wildman–Crippen MR) is 75.6 cm³/mol. The van der Waals surface area contributed by atoms with Gasteiger partial charge >= 0.3 is 5.97 Å². The van der Waals surface area contributed by atoms with E-state index >= 15 is 0 Å². The summed E-state index contributed by atoms with van der Waals surface area (Å²) in [6.45, 7) is 10.2. The molecule has 0 spiro atoms. The van der Waals surface area contributed by atoms with E-state index in [0.29, 0.717) is 5.75 Å². The SMILES string of the molecule is CC(C)(C)[Si](C)(C)Oc1cc(N)c(F)c(C(=O)O)c1. The fourth-order valence-corrected chi connectivity index (χ4v) is 2.29. The first-order valence-electron chi connectivity index (χ1n) is 5.97. The number of halogens is 1. The molecule has 1 rings (SSSR count). The van der Waals surface area contributed by atoms with Crippen molar-refractivity contribution in [1.29, 1.82) is 0 Å². The van der Waals surface area contributed by atoms with E-state index in [-0.39, 0.29) is 10.7 Å². The number of hydrogen-bond acceptors (Lipinski definition) is 3. The summed E-state index contributed by atoms with van der Waals surface area (Å²) in [4.78, 5) is 10.9. The molecule has 0 aliphatic rings. The fourth-order valence-electron chi connectivity index (χ4n) is 1.28. The highest BCUT2D eigenvalue weighted by molar-refractivity contribution is 6.74. The van der Waals surface area contributed by atoms with Crippen LogP contribution in [0.4, 0.5) is 10.1 Å². The van der Waals surface area contributed by atoms with Crippen molar-refractivity contribution in [2.45, 2.75) is 38.9 Å². The second-order valence-electron chi connectivity index (χ2n) is 6.04. The van der Waals surface area contributed by atoms with Crippen LogP contribution < -0.4 is 10.2 Å². The number of anilines is 1. The van der Waals surface area contributed by atoms with Crippen LogP contribution in [0, 0.1) is 5.82 Å². The van der Waals surface area contributed by atoms with Gasteiger partial charge in [-0.25, -0.2) is 9.18 Å². The molecule has 0 unspecified atom stereocenters. The Morgan fingerprint density at radius 2 is 1.89 bits per heavy atom. The van der Waals surface area contributed by atoms with Crippen molar-refractivity contribution >= 4 is 20.0 Å². The van der Waals surface area contributed by atoms with E-state index in [1.54, 1.807) is 0 Å². The van der Waals surface area contributed by atoms with Crippen LogP contribution in [0.2, 0.25) is 18.1 Å². The number of aromatic carboxylic acids is 1. The molecule has 0 radical (unpaired) electrons.